The van der Waals surface area contributed by atoms with Crippen LogP contribution in [0.15, 0.2) is 29.4 Å². The predicted molar refractivity (Wildman–Crippen MR) is 82.5 cm³/mol. The quantitative estimate of drug-likeness (QED) is 0.606. The molecule has 5 nitrogen and oxygen atoms in total. The molecule has 0 saturated carbocycles. The van der Waals surface area contributed by atoms with E-state index in [9.17, 15) is 0 Å². The summed E-state index contributed by atoms with van der Waals surface area (Å²) in [6, 6.07) is 9.20. The molecule has 2 rings (SSSR count). The normalized spacial score (nSPS) is 10.6. The van der Waals surface area contributed by atoms with Crippen molar-refractivity contribution in [2.75, 3.05) is 12.4 Å². The molecule has 0 radical (unpaired) electrons. The number of nitrogens with zero attached hydrogens (tertiary/aromatic N) is 4. The predicted octanol–water partition coefficient (Wildman–Crippen LogP) is 2.98. The van der Waals surface area contributed by atoms with Crippen LogP contribution in [-0.4, -0.2) is 27.1 Å². The van der Waals surface area contributed by atoms with Crippen molar-refractivity contribution in [2.45, 2.75) is 24.9 Å². The van der Waals surface area contributed by atoms with Gasteiger partial charge in [-0.05, 0) is 24.3 Å². The van der Waals surface area contributed by atoms with Gasteiger partial charge in [0.1, 0.15) is 11.6 Å². The Morgan fingerprint density at radius 2 is 2.00 bits per heavy atom. The van der Waals surface area contributed by atoms with Gasteiger partial charge in [0.05, 0.1) is 18.2 Å². The minimum Gasteiger partial charge on any atom is -0.493 e. The minimum absolute atomic E-state index is 0.367. The molecule has 21 heavy (non-hydrogen) atoms. The molecular formula is C15H18N4OS. The van der Waals surface area contributed by atoms with E-state index in [4.69, 9.17) is 10.00 Å². The highest BCUT2D eigenvalue weighted by atomic mass is 32.2. The Morgan fingerprint density at radius 3 is 2.57 bits per heavy atom. The van der Waals surface area contributed by atoms with Crippen molar-refractivity contribution in [1.29, 1.82) is 5.26 Å². The monoisotopic (exact) mass is 302 g/mol. The van der Waals surface area contributed by atoms with Gasteiger partial charge in [-0.15, -0.1) is 10.2 Å². The van der Waals surface area contributed by atoms with Crippen LogP contribution < -0.4 is 4.74 Å². The lowest BCUT2D eigenvalue weighted by atomic mass is 10.2. The molecule has 0 bridgehead atoms. The highest BCUT2D eigenvalue weighted by Crippen LogP contribution is 2.20. The Balaban J connectivity index is 1.80. The van der Waals surface area contributed by atoms with E-state index in [0.29, 0.717) is 18.1 Å². The zero-order valence-corrected chi connectivity index (χ0v) is 13.2. The molecule has 0 aliphatic carbocycles. The number of thioether (sulfide) groups is 1. The summed E-state index contributed by atoms with van der Waals surface area (Å²) in [5, 5.41) is 18.0. The third-order valence-electron chi connectivity index (χ3n) is 2.95. The zero-order valence-electron chi connectivity index (χ0n) is 12.4. The molecule has 0 amide bonds. The molecule has 6 heteroatoms. The lowest BCUT2D eigenvalue weighted by Crippen LogP contribution is -2.03. The molecule has 0 N–H and O–H groups in total. The van der Waals surface area contributed by atoms with Crippen LogP contribution in [0.3, 0.4) is 0 Å². The van der Waals surface area contributed by atoms with E-state index in [1.165, 1.54) is 0 Å². The van der Waals surface area contributed by atoms with Gasteiger partial charge in [0.2, 0.25) is 0 Å². The van der Waals surface area contributed by atoms with Crippen LogP contribution in [0.5, 0.6) is 5.75 Å². The third-order valence-corrected chi connectivity index (χ3v) is 3.94. The number of nitriles is 1. The van der Waals surface area contributed by atoms with Crippen LogP contribution in [0.25, 0.3) is 0 Å². The van der Waals surface area contributed by atoms with Crippen LogP contribution >= 0.6 is 11.8 Å². The van der Waals surface area contributed by atoms with E-state index in [2.05, 4.69) is 30.1 Å². The summed E-state index contributed by atoms with van der Waals surface area (Å²) >= 11 is 1.62. The fourth-order valence-electron chi connectivity index (χ4n) is 1.87. The maximum Gasteiger partial charge on any atom is 0.191 e. The summed E-state index contributed by atoms with van der Waals surface area (Å²) in [7, 11) is 1.99. The summed E-state index contributed by atoms with van der Waals surface area (Å²) in [5.74, 6) is 2.93. The smallest absolute Gasteiger partial charge is 0.191 e. The lowest BCUT2D eigenvalue weighted by molar-refractivity contribution is 0.344. The SMILES string of the molecule is CC(C)c1nnc(SCCOc2ccc(C#N)cc2)n1C. The Bertz CT molecular complexity index is 628. The van der Waals surface area contributed by atoms with Crippen molar-refractivity contribution in [3.8, 4) is 11.8 Å². The number of hydrogen-bond acceptors (Lipinski definition) is 5. The zero-order chi connectivity index (χ0) is 15.2. The standard InChI is InChI=1S/C15H18N4OS/c1-11(2)14-17-18-15(19(14)3)21-9-8-20-13-6-4-12(10-16)5-7-13/h4-7,11H,8-9H2,1-3H3. The molecule has 0 atom stereocenters. The highest BCUT2D eigenvalue weighted by molar-refractivity contribution is 7.99. The van der Waals surface area contributed by atoms with E-state index in [1.807, 2.05) is 23.7 Å². The van der Waals surface area contributed by atoms with Gasteiger partial charge in [-0.1, -0.05) is 25.6 Å². The maximum absolute atomic E-state index is 8.73. The Hall–Kier alpha value is -2.00. The number of rotatable bonds is 6. The van der Waals surface area contributed by atoms with Crippen molar-refractivity contribution < 1.29 is 4.74 Å². The minimum atomic E-state index is 0.367. The first-order chi connectivity index (χ1) is 10.1. The molecule has 2 aromatic rings. The number of aromatic nitrogens is 3. The molecule has 0 unspecified atom stereocenters. The van der Waals surface area contributed by atoms with E-state index in [0.717, 1.165) is 22.5 Å². The topological polar surface area (TPSA) is 63.7 Å². The molecule has 1 aromatic carbocycles. The van der Waals surface area contributed by atoms with Gasteiger partial charge in [-0.3, -0.25) is 0 Å². The van der Waals surface area contributed by atoms with Crippen LogP contribution in [0, 0.1) is 11.3 Å². The fourth-order valence-corrected chi connectivity index (χ4v) is 2.61. The van der Waals surface area contributed by atoms with E-state index in [1.54, 1.807) is 23.9 Å². The van der Waals surface area contributed by atoms with Crippen LogP contribution in [0.1, 0.15) is 31.2 Å². The average Bonchev–Trinajstić information content (AvgIpc) is 2.85. The fraction of sp³-hybridized carbons (Fsp3) is 0.400. The second-order valence-corrected chi connectivity index (χ2v) is 5.95. The van der Waals surface area contributed by atoms with E-state index >= 15 is 0 Å². The summed E-state index contributed by atoms with van der Waals surface area (Å²) in [5.41, 5.74) is 0.636. The van der Waals surface area contributed by atoms with Gasteiger partial charge in [-0.2, -0.15) is 5.26 Å². The second kappa shape index (κ2) is 7.14. The van der Waals surface area contributed by atoms with Gasteiger partial charge >= 0.3 is 0 Å². The van der Waals surface area contributed by atoms with Crippen LogP contribution in [0.2, 0.25) is 0 Å². The van der Waals surface area contributed by atoms with Crippen molar-refractivity contribution in [3.63, 3.8) is 0 Å². The average molecular weight is 302 g/mol. The summed E-state index contributed by atoms with van der Waals surface area (Å²) in [4.78, 5) is 0. The first-order valence-corrected chi connectivity index (χ1v) is 7.75. The molecule has 1 heterocycles. The van der Waals surface area contributed by atoms with Crippen molar-refractivity contribution in [2.24, 2.45) is 7.05 Å². The van der Waals surface area contributed by atoms with Crippen LogP contribution in [0.4, 0.5) is 0 Å². The first-order valence-electron chi connectivity index (χ1n) is 6.77. The molecular weight excluding hydrogens is 284 g/mol. The van der Waals surface area contributed by atoms with E-state index in [-0.39, 0.29) is 0 Å². The van der Waals surface area contributed by atoms with Crippen molar-refractivity contribution in [3.05, 3.63) is 35.7 Å². The Morgan fingerprint density at radius 1 is 1.29 bits per heavy atom. The molecule has 0 saturated heterocycles. The molecule has 0 aliphatic rings. The Kier molecular flexibility index (Phi) is 5.23. The highest BCUT2D eigenvalue weighted by Gasteiger charge is 2.11. The molecule has 0 aliphatic heterocycles. The van der Waals surface area contributed by atoms with E-state index < -0.39 is 0 Å². The third kappa shape index (κ3) is 3.99. The summed E-state index contributed by atoms with van der Waals surface area (Å²) in [6.07, 6.45) is 0. The summed E-state index contributed by atoms with van der Waals surface area (Å²) in [6.45, 7) is 4.79. The Labute approximate surface area is 128 Å². The number of ether oxygens (including phenoxy) is 1. The summed E-state index contributed by atoms with van der Waals surface area (Å²) < 4.78 is 7.66. The maximum atomic E-state index is 8.73. The lowest BCUT2D eigenvalue weighted by Gasteiger charge is -2.07. The van der Waals surface area contributed by atoms with Gasteiger partial charge in [0.25, 0.3) is 0 Å². The second-order valence-electron chi connectivity index (χ2n) is 4.89. The number of hydrogen-bond donors (Lipinski definition) is 0. The van der Waals surface area contributed by atoms with Crippen LogP contribution in [-0.2, 0) is 7.05 Å². The van der Waals surface area contributed by atoms with Gasteiger partial charge in [-0.25, -0.2) is 0 Å². The largest absolute Gasteiger partial charge is 0.493 e. The van der Waals surface area contributed by atoms with Crippen molar-refractivity contribution >= 4 is 11.8 Å². The molecule has 0 spiro atoms. The molecule has 110 valence electrons. The van der Waals surface area contributed by atoms with Gasteiger partial charge < -0.3 is 9.30 Å². The van der Waals surface area contributed by atoms with Crippen molar-refractivity contribution in [1.82, 2.24) is 14.8 Å². The van der Waals surface area contributed by atoms with Gasteiger partial charge in [0.15, 0.2) is 5.16 Å². The van der Waals surface area contributed by atoms with Gasteiger partial charge in [0, 0.05) is 18.7 Å². The first kappa shape index (κ1) is 15.4. The number of benzene rings is 1. The molecule has 0 fully saturated rings. The molecule has 1 aromatic heterocycles.